The minimum absolute atomic E-state index is 0.624. The molecule has 1 aliphatic carbocycles. The van der Waals surface area contributed by atoms with Crippen LogP contribution in [0.2, 0.25) is 0 Å². The molecule has 0 atom stereocenters. The van der Waals surface area contributed by atoms with E-state index in [1.807, 2.05) is 43.7 Å². The molecule has 0 saturated heterocycles. The van der Waals surface area contributed by atoms with Crippen molar-refractivity contribution >= 4 is 5.82 Å². The van der Waals surface area contributed by atoms with Gasteiger partial charge in [-0.3, -0.25) is 0 Å². The van der Waals surface area contributed by atoms with Crippen LogP contribution in [0.5, 0.6) is 0 Å². The fourth-order valence-corrected chi connectivity index (χ4v) is 3.55. The SMILES string of the molecule is Cc1nc(Cn2ccnc2-c2ccc(N(C)C)nc2)nc2c1CCCC2. The highest BCUT2D eigenvalue weighted by Gasteiger charge is 2.16. The molecule has 0 bridgehead atoms. The number of hydrogen-bond donors (Lipinski definition) is 0. The van der Waals surface area contributed by atoms with Gasteiger partial charge in [0.25, 0.3) is 0 Å². The molecule has 3 heterocycles. The third-order valence-electron chi connectivity index (χ3n) is 4.93. The predicted molar refractivity (Wildman–Crippen MR) is 102 cm³/mol. The fraction of sp³-hybridized carbons (Fsp3) is 0.400. The van der Waals surface area contributed by atoms with E-state index in [0.717, 1.165) is 41.6 Å². The smallest absolute Gasteiger partial charge is 0.148 e. The lowest BCUT2D eigenvalue weighted by Crippen LogP contribution is -2.14. The molecular weight excluding hydrogens is 324 g/mol. The van der Waals surface area contributed by atoms with Gasteiger partial charge in [0, 0.05) is 49.6 Å². The molecule has 0 N–H and O–H groups in total. The normalized spacial score (nSPS) is 13.5. The molecule has 1 aliphatic rings. The Morgan fingerprint density at radius 1 is 1.08 bits per heavy atom. The number of rotatable bonds is 4. The van der Waals surface area contributed by atoms with Crippen molar-refractivity contribution in [3.8, 4) is 11.4 Å². The van der Waals surface area contributed by atoms with Crippen LogP contribution >= 0.6 is 0 Å². The molecule has 0 unspecified atom stereocenters. The summed E-state index contributed by atoms with van der Waals surface area (Å²) in [6, 6.07) is 4.06. The van der Waals surface area contributed by atoms with Crippen LogP contribution in [-0.2, 0) is 19.4 Å². The first-order valence-corrected chi connectivity index (χ1v) is 9.12. The summed E-state index contributed by atoms with van der Waals surface area (Å²) in [5.74, 6) is 2.68. The van der Waals surface area contributed by atoms with Gasteiger partial charge in [0.1, 0.15) is 17.5 Å². The first-order chi connectivity index (χ1) is 12.6. The van der Waals surface area contributed by atoms with Gasteiger partial charge < -0.3 is 9.47 Å². The lowest BCUT2D eigenvalue weighted by molar-refractivity contribution is 0.637. The molecule has 6 nitrogen and oxygen atoms in total. The number of fused-ring (bicyclic) bond motifs is 1. The maximum atomic E-state index is 4.84. The second-order valence-electron chi connectivity index (χ2n) is 7.04. The zero-order valence-electron chi connectivity index (χ0n) is 15.6. The molecule has 0 spiro atoms. The van der Waals surface area contributed by atoms with E-state index in [2.05, 4.69) is 27.5 Å². The minimum Gasteiger partial charge on any atom is -0.363 e. The molecule has 0 aromatic carbocycles. The number of pyridine rings is 1. The molecule has 0 amide bonds. The Balaban J connectivity index is 1.62. The molecule has 26 heavy (non-hydrogen) atoms. The molecular formula is C20H24N6. The number of anilines is 1. The van der Waals surface area contributed by atoms with E-state index in [4.69, 9.17) is 9.97 Å². The fourth-order valence-electron chi connectivity index (χ4n) is 3.55. The number of aromatic nitrogens is 5. The average Bonchev–Trinajstić information content (AvgIpc) is 3.10. The highest BCUT2D eigenvalue weighted by molar-refractivity contribution is 5.57. The van der Waals surface area contributed by atoms with Crippen molar-refractivity contribution in [2.75, 3.05) is 19.0 Å². The molecule has 0 saturated carbocycles. The average molecular weight is 348 g/mol. The topological polar surface area (TPSA) is 59.7 Å². The van der Waals surface area contributed by atoms with Gasteiger partial charge in [-0.05, 0) is 50.3 Å². The van der Waals surface area contributed by atoms with Crippen LogP contribution in [0.3, 0.4) is 0 Å². The van der Waals surface area contributed by atoms with E-state index in [-0.39, 0.29) is 0 Å². The highest BCUT2D eigenvalue weighted by atomic mass is 15.1. The zero-order chi connectivity index (χ0) is 18.1. The lowest BCUT2D eigenvalue weighted by Gasteiger charge is -2.18. The summed E-state index contributed by atoms with van der Waals surface area (Å²) in [5.41, 5.74) is 4.71. The van der Waals surface area contributed by atoms with Gasteiger partial charge in [0.2, 0.25) is 0 Å². The molecule has 0 radical (unpaired) electrons. The Hall–Kier alpha value is -2.76. The van der Waals surface area contributed by atoms with Crippen molar-refractivity contribution in [1.29, 1.82) is 0 Å². The lowest BCUT2D eigenvalue weighted by atomic mass is 9.95. The van der Waals surface area contributed by atoms with E-state index >= 15 is 0 Å². The largest absolute Gasteiger partial charge is 0.363 e. The number of nitrogens with zero attached hydrogens (tertiary/aromatic N) is 6. The molecule has 3 aromatic rings. The second kappa shape index (κ2) is 6.86. The summed E-state index contributed by atoms with van der Waals surface area (Å²) in [7, 11) is 3.97. The summed E-state index contributed by atoms with van der Waals surface area (Å²) in [4.78, 5) is 20.6. The van der Waals surface area contributed by atoms with Crippen LogP contribution in [0.1, 0.15) is 35.6 Å². The summed E-state index contributed by atoms with van der Waals surface area (Å²) in [6.45, 7) is 2.73. The third kappa shape index (κ3) is 3.19. The minimum atomic E-state index is 0.624. The summed E-state index contributed by atoms with van der Waals surface area (Å²) < 4.78 is 2.09. The Kier molecular flexibility index (Phi) is 4.41. The van der Waals surface area contributed by atoms with Crippen molar-refractivity contribution in [1.82, 2.24) is 24.5 Å². The quantitative estimate of drug-likeness (QED) is 0.725. The molecule has 0 aliphatic heterocycles. The predicted octanol–water partition coefficient (Wildman–Crippen LogP) is 3.04. The number of aryl methyl sites for hydroxylation is 2. The summed E-state index contributed by atoms with van der Waals surface area (Å²) in [6.07, 6.45) is 10.3. The molecule has 3 aromatic heterocycles. The van der Waals surface area contributed by atoms with Gasteiger partial charge in [-0.1, -0.05) is 0 Å². The van der Waals surface area contributed by atoms with Gasteiger partial charge in [-0.2, -0.15) is 0 Å². The molecule has 4 rings (SSSR count). The van der Waals surface area contributed by atoms with E-state index in [1.165, 1.54) is 24.1 Å². The van der Waals surface area contributed by atoms with Crippen LogP contribution in [-0.4, -0.2) is 38.6 Å². The van der Waals surface area contributed by atoms with Crippen LogP contribution < -0.4 is 4.90 Å². The van der Waals surface area contributed by atoms with Gasteiger partial charge in [-0.15, -0.1) is 0 Å². The van der Waals surface area contributed by atoms with E-state index < -0.39 is 0 Å². The van der Waals surface area contributed by atoms with Crippen molar-refractivity contribution in [2.45, 2.75) is 39.2 Å². The molecule has 134 valence electrons. The van der Waals surface area contributed by atoms with Gasteiger partial charge in [-0.25, -0.2) is 19.9 Å². The van der Waals surface area contributed by atoms with Crippen LogP contribution in [0.15, 0.2) is 30.7 Å². The van der Waals surface area contributed by atoms with E-state index in [1.54, 1.807) is 0 Å². The van der Waals surface area contributed by atoms with Gasteiger partial charge in [0.15, 0.2) is 0 Å². The summed E-state index contributed by atoms with van der Waals surface area (Å²) in [5, 5.41) is 0. The van der Waals surface area contributed by atoms with Gasteiger partial charge >= 0.3 is 0 Å². The third-order valence-corrected chi connectivity index (χ3v) is 4.93. The Labute approximate surface area is 154 Å². The Morgan fingerprint density at radius 3 is 2.69 bits per heavy atom. The van der Waals surface area contributed by atoms with E-state index in [9.17, 15) is 0 Å². The summed E-state index contributed by atoms with van der Waals surface area (Å²) >= 11 is 0. The molecule has 0 fully saturated rings. The standard InChI is InChI=1S/C20H24N6/c1-14-16-6-4-5-7-17(16)24-18(23-14)13-26-11-10-21-20(26)15-8-9-19(22-12-15)25(2)3/h8-12H,4-7,13H2,1-3H3. The zero-order valence-corrected chi connectivity index (χ0v) is 15.6. The number of hydrogen-bond acceptors (Lipinski definition) is 5. The van der Waals surface area contributed by atoms with Crippen molar-refractivity contribution in [2.24, 2.45) is 0 Å². The first-order valence-electron chi connectivity index (χ1n) is 9.12. The van der Waals surface area contributed by atoms with Crippen LogP contribution in [0.25, 0.3) is 11.4 Å². The maximum Gasteiger partial charge on any atom is 0.148 e. The maximum absolute atomic E-state index is 4.84. The highest BCUT2D eigenvalue weighted by Crippen LogP contribution is 2.23. The Bertz CT molecular complexity index is 911. The first kappa shape index (κ1) is 16.7. The van der Waals surface area contributed by atoms with E-state index in [0.29, 0.717) is 6.54 Å². The monoisotopic (exact) mass is 348 g/mol. The Morgan fingerprint density at radius 2 is 1.92 bits per heavy atom. The van der Waals surface area contributed by atoms with Crippen molar-refractivity contribution < 1.29 is 0 Å². The number of imidazole rings is 1. The van der Waals surface area contributed by atoms with Gasteiger partial charge in [0.05, 0.1) is 6.54 Å². The van der Waals surface area contributed by atoms with Crippen molar-refractivity contribution in [3.05, 3.63) is 53.5 Å². The van der Waals surface area contributed by atoms with Crippen LogP contribution in [0.4, 0.5) is 5.82 Å². The van der Waals surface area contributed by atoms with Crippen LogP contribution in [0, 0.1) is 6.92 Å². The molecule has 6 heteroatoms. The second-order valence-corrected chi connectivity index (χ2v) is 7.04. The van der Waals surface area contributed by atoms with Crippen molar-refractivity contribution in [3.63, 3.8) is 0 Å².